The maximum atomic E-state index is 11.7. The Morgan fingerprint density at radius 2 is 1.87 bits per heavy atom. The van der Waals surface area contributed by atoms with E-state index in [9.17, 15) is 18.0 Å². The summed E-state index contributed by atoms with van der Waals surface area (Å²) in [5.41, 5.74) is 1.97. The first-order valence-electron chi connectivity index (χ1n) is 3.95. The smallest absolute Gasteiger partial charge is 0.263 e. The lowest BCUT2D eigenvalue weighted by Gasteiger charge is -2.02. The molecule has 0 aliphatic rings. The number of benzene rings is 1. The third-order valence-corrected chi connectivity index (χ3v) is 1.44. The fourth-order valence-electron chi connectivity index (χ4n) is 0.768. The number of hydrazone groups is 1. The van der Waals surface area contributed by atoms with Crippen LogP contribution in [0.25, 0.3) is 0 Å². The molecule has 1 amide bonds. The fraction of sp³-hybridized carbons (Fsp3) is 0.111. The van der Waals surface area contributed by atoms with E-state index < -0.39 is 12.1 Å². The predicted octanol–water partition coefficient (Wildman–Crippen LogP) is 1.70. The number of rotatable bonds is 2. The molecule has 0 aliphatic carbocycles. The van der Waals surface area contributed by atoms with Gasteiger partial charge in [-0.2, -0.15) is 18.3 Å². The molecule has 0 radical (unpaired) electrons. The van der Waals surface area contributed by atoms with Crippen LogP contribution in [-0.4, -0.2) is 18.3 Å². The summed E-state index contributed by atoms with van der Waals surface area (Å²) in [6.45, 7) is 0. The Morgan fingerprint density at radius 3 is 2.40 bits per heavy atom. The maximum Gasteiger partial charge on any atom is 0.473 e. The van der Waals surface area contributed by atoms with Crippen LogP contribution in [0.1, 0.15) is 5.56 Å². The molecule has 0 saturated carbocycles. The Morgan fingerprint density at radius 1 is 1.27 bits per heavy atom. The molecule has 0 unspecified atom stereocenters. The third-order valence-electron chi connectivity index (χ3n) is 1.44. The van der Waals surface area contributed by atoms with Crippen molar-refractivity contribution in [2.24, 2.45) is 5.10 Å². The van der Waals surface area contributed by atoms with Crippen LogP contribution in [0.4, 0.5) is 13.2 Å². The zero-order chi connectivity index (χ0) is 11.3. The van der Waals surface area contributed by atoms with Crippen molar-refractivity contribution in [2.45, 2.75) is 6.18 Å². The van der Waals surface area contributed by atoms with Crippen molar-refractivity contribution < 1.29 is 18.0 Å². The molecule has 0 atom stereocenters. The number of alkyl halides is 3. The van der Waals surface area contributed by atoms with E-state index in [2.05, 4.69) is 5.10 Å². The van der Waals surface area contributed by atoms with E-state index in [-0.39, 0.29) is 0 Å². The van der Waals surface area contributed by atoms with Crippen LogP contribution in [0.3, 0.4) is 0 Å². The molecule has 15 heavy (non-hydrogen) atoms. The molecule has 1 aromatic rings. The van der Waals surface area contributed by atoms with Gasteiger partial charge < -0.3 is 0 Å². The highest BCUT2D eigenvalue weighted by atomic mass is 19.4. The number of amides is 1. The minimum Gasteiger partial charge on any atom is -0.263 e. The predicted molar refractivity (Wildman–Crippen MR) is 48.2 cm³/mol. The quantitative estimate of drug-likeness (QED) is 0.593. The molecule has 0 aromatic heterocycles. The summed E-state index contributed by atoms with van der Waals surface area (Å²) < 4.78 is 35.1. The fourth-order valence-corrected chi connectivity index (χ4v) is 0.768. The highest BCUT2D eigenvalue weighted by Gasteiger charge is 2.38. The van der Waals surface area contributed by atoms with Gasteiger partial charge in [-0.25, -0.2) is 5.43 Å². The van der Waals surface area contributed by atoms with Crippen molar-refractivity contribution in [1.82, 2.24) is 5.43 Å². The largest absolute Gasteiger partial charge is 0.473 e. The van der Waals surface area contributed by atoms with Gasteiger partial charge in [-0.3, -0.25) is 4.79 Å². The molecule has 0 aliphatic heterocycles. The number of nitrogens with zero attached hydrogens (tertiary/aromatic N) is 1. The molecule has 0 saturated heterocycles. The standard InChI is InChI=1S/C9H7F3N2O/c10-9(11,12)8(15)14-13-6-7-4-2-1-3-5-7/h1-6H,(H,14,15). The average molecular weight is 216 g/mol. The van der Waals surface area contributed by atoms with Gasteiger partial charge >= 0.3 is 12.1 Å². The van der Waals surface area contributed by atoms with Gasteiger partial charge in [0.15, 0.2) is 0 Å². The van der Waals surface area contributed by atoms with Gasteiger partial charge in [0.1, 0.15) is 0 Å². The summed E-state index contributed by atoms with van der Waals surface area (Å²) in [6.07, 6.45) is -3.78. The Hall–Kier alpha value is -1.85. The monoisotopic (exact) mass is 216 g/mol. The first-order chi connectivity index (χ1) is 7.00. The summed E-state index contributed by atoms with van der Waals surface area (Å²) in [5, 5.41) is 3.16. The summed E-state index contributed by atoms with van der Waals surface area (Å²) in [4.78, 5) is 10.3. The topological polar surface area (TPSA) is 41.5 Å². The average Bonchev–Trinajstić information content (AvgIpc) is 2.18. The second-order valence-corrected chi connectivity index (χ2v) is 2.61. The molecule has 80 valence electrons. The Labute approximate surface area is 83.6 Å². The SMILES string of the molecule is O=C(NN=Cc1ccccc1)C(F)(F)F. The molecular weight excluding hydrogens is 209 g/mol. The molecule has 1 rings (SSSR count). The van der Waals surface area contributed by atoms with E-state index >= 15 is 0 Å². The van der Waals surface area contributed by atoms with E-state index in [0.29, 0.717) is 5.56 Å². The van der Waals surface area contributed by atoms with Gasteiger partial charge in [0.05, 0.1) is 6.21 Å². The molecule has 0 bridgehead atoms. The van der Waals surface area contributed by atoms with Gasteiger partial charge in [-0.15, -0.1) is 0 Å². The van der Waals surface area contributed by atoms with E-state index in [1.54, 1.807) is 30.3 Å². The molecule has 3 nitrogen and oxygen atoms in total. The van der Waals surface area contributed by atoms with E-state index in [1.807, 2.05) is 0 Å². The molecule has 0 spiro atoms. The number of hydrogen-bond acceptors (Lipinski definition) is 2. The first-order valence-corrected chi connectivity index (χ1v) is 3.95. The van der Waals surface area contributed by atoms with Crippen LogP contribution in [0.15, 0.2) is 35.4 Å². The number of carbonyl (C=O) groups is 1. The second-order valence-electron chi connectivity index (χ2n) is 2.61. The van der Waals surface area contributed by atoms with Gasteiger partial charge in [0, 0.05) is 0 Å². The maximum absolute atomic E-state index is 11.7. The van der Waals surface area contributed by atoms with Crippen LogP contribution >= 0.6 is 0 Å². The molecule has 1 N–H and O–H groups in total. The molecule has 0 fully saturated rings. The van der Waals surface area contributed by atoms with Crippen molar-refractivity contribution in [3.05, 3.63) is 35.9 Å². The summed E-state index contributed by atoms with van der Waals surface area (Å²) >= 11 is 0. The van der Waals surface area contributed by atoms with Crippen molar-refractivity contribution in [2.75, 3.05) is 0 Å². The number of hydrogen-bond donors (Lipinski definition) is 1. The van der Waals surface area contributed by atoms with E-state index in [4.69, 9.17) is 0 Å². The lowest BCUT2D eigenvalue weighted by atomic mass is 10.2. The highest BCUT2D eigenvalue weighted by molar-refractivity contribution is 5.84. The number of nitrogens with one attached hydrogen (secondary N) is 1. The van der Waals surface area contributed by atoms with Gasteiger partial charge in [-0.1, -0.05) is 30.3 Å². The summed E-state index contributed by atoms with van der Waals surface area (Å²) in [6, 6.07) is 8.44. The van der Waals surface area contributed by atoms with Crippen LogP contribution in [-0.2, 0) is 4.79 Å². The number of carbonyl (C=O) groups excluding carboxylic acids is 1. The summed E-state index contributed by atoms with van der Waals surface area (Å²) in [5.74, 6) is -2.09. The van der Waals surface area contributed by atoms with Crippen LogP contribution < -0.4 is 5.43 Å². The van der Waals surface area contributed by atoms with Gasteiger partial charge in [-0.05, 0) is 5.56 Å². The van der Waals surface area contributed by atoms with Crippen LogP contribution in [0.2, 0.25) is 0 Å². The van der Waals surface area contributed by atoms with Crippen LogP contribution in [0.5, 0.6) is 0 Å². The second kappa shape index (κ2) is 4.59. The summed E-state index contributed by atoms with van der Waals surface area (Å²) in [7, 11) is 0. The lowest BCUT2D eigenvalue weighted by Crippen LogP contribution is -2.33. The third kappa shape index (κ3) is 3.80. The van der Waals surface area contributed by atoms with Crippen molar-refractivity contribution in [3.8, 4) is 0 Å². The molecule has 6 heteroatoms. The van der Waals surface area contributed by atoms with Crippen molar-refractivity contribution in [3.63, 3.8) is 0 Å². The first kappa shape index (κ1) is 11.2. The number of halogens is 3. The van der Waals surface area contributed by atoms with Crippen LogP contribution in [0, 0.1) is 0 Å². The van der Waals surface area contributed by atoms with Crippen molar-refractivity contribution >= 4 is 12.1 Å². The van der Waals surface area contributed by atoms with Crippen molar-refractivity contribution in [1.29, 1.82) is 0 Å². The molecular formula is C9H7F3N2O. The normalized spacial score (nSPS) is 11.7. The minimum atomic E-state index is -4.91. The molecule has 0 heterocycles. The van der Waals surface area contributed by atoms with E-state index in [0.717, 1.165) is 6.21 Å². The van der Waals surface area contributed by atoms with Gasteiger partial charge in [0.25, 0.3) is 0 Å². The lowest BCUT2D eigenvalue weighted by molar-refractivity contribution is -0.173. The zero-order valence-corrected chi connectivity index (χ0v) is 7.45. The van der Waals surface area contributed by atoms with E-state index in [1.165, 1.54) is 5.43 Å². The Kier molecular flexibility index (Phi) is 3.43. The minimum absolute atomic E-state index is 0.597. The van der Waals surface area contributed by atoms with Gasteiger partial charge in [0.2, 0.25) is 0 Å². The zero-order valence-electron chi connectivity index (χ0n) is 7.45. The Bertz CT molecular complexity index is 359. The highest BCUT2D eigenvalue weighted by Crippen LogP contribution is 2.13. The molecule has 1 aromatic carbocycles. The Balaban J connectivity index is 2.51.